The molecule has 0 N–H and O–H groups in total. The molecule has 0 aliphatic carbocycles. The molecule has 61 heavy (non-hydrogen) atoms. The molecular weight excluding hydrogens is 741 g/mol. The molecule has 0 saturated heterocycles. The summed E-state index contributed by atoms with van der Waals surface area (Å²) in [7, 11) is 0. The molecule has 0 unspecified atom stereocenters. The first-order valence-corrected chi connectivity index (χ1v) is 20.7. The van der Waals surface area contributed by atoms with Crippen LogP contribution in [0.3, 0.4) is 0 Å². The zero-order valence-electron chi connectivity index (χ0n) is 33.1. The van der Waals surface area contributed by atoms with Crippen molar-refractivity contribution in [1.29, 1.82) is 0 Å². The van der Waals surface area contributed by atoms with Crippen LogP contribution >= 0.6 is 0 Å². The van der Waals surface area contributed by atoms with Gasteiger partial charge in [0.2, 0.25) is 0 Å². The van der Waals surface area contributed by atoms with E-state index in [-0.39, 0.29) is 0 Å². The normalized spacial score (nSPS) is 11.6. The number of benzene rings is 10. The van der Waals surface area contributed by atoms with E-state index in [4.69, 9.17) is 15.0 Å². The van der Waals surface area contributed by atoms with E-state index in [9.17, 15) is 0 Å². The van der Waals surface area contributed by atoms with Crippen molar-refractivity contribution in [3.63, 3.8) is 0 Å². The first-order valence-electron chi connectivity index (χ1n) is 20.7. The molecule has 0 amide bonds. The smallest absolute Gasteiger partial charge is 0.164 e. The summed E-state index contributed by atoms with van der Waals surface area (Å²) in [5.41, 5.74) is 11.1. The molecule has 12 aromatic rings. The highest BCUT2D eigenvalue weighted by atomic mass is 15.0. The van der Waals surface area contributed by atoms with Gasteiger partial charge in [0.1, 0.15) is 0 Å². The Bertz CT molecular complexity index is 3460. The highest BCUT2D eigenvalue weighted by molar-refractivity contribution is 6.30. The Labute approximate surface area is 352 Å². The third-order valence-corrected chi connectivity index (χ3v) is 12.0. The van der Waals surface area contributed by atoms with Crippen molar-refractivity contribution in [1.82, 2.24) is 19.5 Å². The molecule has 2 aromatic heterocycles. The maximum Gasteiger partial charge on any atom is 0.164 e. The molecular formula is C57H36N4. The van der Waals surface area contributed by atoms with Crippen LogP contribution in [0, 0.1) is 0 Å². The van der Waals surface area contributed by atoms with Crippen molar-refractivity contribution in [2.45, 2.75) is 0 Å². The van der Waals surface area contributed by atoms with Gasteiger partial charge in [-0.25, -0.2) is 15.0 Å². The molecule has 0 spiro atoms. The Morgan fingerprint density at radius 2 is 0.689 bits per heavy atom. The van der Waals surface area contributed by atoms with Crippen molar-refractivity contribution in [3.05, 3.63) is 218 Å². The molecule has 284 valence electrons. The molecule has 12 rings (SSSR count). The zero-order valence-corrected chi connectivity index (χ0v) is 33.1. The minimum Gasteiger partial charge on any atom is -0.309 e. The van der Waals surface area contributed by atoms with Crippen molar-refractivity contribution in [2.24, 2.45) is 0 Å². The SMILES string of the molecule is c1ccc(-c2ccc3c(c2)c2cc(-c4ccccc4)ccc2n3-c2cccc3c4ccccc4c4c(-c5nc(-c6ccccc6)nc(-c6ccccc6)n5)cccc4c23)cc1. The van der Waals surface area contributed by atoms with Crippen molar-refractivity contribution in [2.75, 3.05) is 0 Å². The lowest BCUT2D eigenvalue weighted by Gasteiger charge is -2.18. The molecule has 0 saturated carbocycles. The summed E-state index contributed by atoms with van der Waals surface area (Å²) >= 11 is 0. The molecule has 0 fully saturated rings. The van der Waals surface area contributed by atoms with Crippen LogP contribution < -0.4 is 0 Å². The van der Waals surface area contributed by atoms with Crippen LogP contribution in [-0.4, -0.2) is 19.5 Å². The second-order valence-electron chi connectivity index (χ2n) is 15.5. The number of fused-ring (bicyclic) bond motifs is 9. The van der Waals surface area contributed by atoms with Gasteiger partial charge in [0.05, 0.1) is 16.7 Å². The molecule has 10 aromatic carbocycles. The van der Waals surface area contributed by atoms with Crippen LogP contribution in [0.2, 0.25) is 0 Å². The average molecular weight is 777 g/mol. The molecule has 0 bridgehead atoms. The predicted molar refractivity (Wildman–Crippen MR) is 254 cm³/mol. The molecule has 0 atom stereocenters. The fraction of sp³-hybridized carbons (Fsp3) is 0. The number of hydrogen-bond acceptors (Lipinski definition) is 3. The van der Waals surface area contributed by atoms with Crippen LogP contribution in [0.4, 0.5) is 0 Å². The summed E-state index contributed by atoms with van der Waals surface area (Å²) in [5, 5.41) is 9.38. The van der Waals surface area contributed by atoms with Crippen LogP contribution in [0.25, 0.3) is 116 Å². The number of aromatic nitrogens is 4. The van der Waals surface area contributed by atoms with Gasteiger partial charge in [-0.3, -0.25) is 0 Å². The lowest BCUT2D eigenvalue weighted by Crippen LogP contribution is -2.01. The van der Waals surface area contributed by atoms with E-state index in [1.807, 2.05) is 36.4 Å². The fourth-order valence-electron chi connectivity index (χ4n) is 9.24. The van der Waals surface area contributed by atoms with E-state index in [0.29, 0.717) is 17.5 Å². The topological polar surface area (TPSA) is 43.6 Å². The quantitative estimate of drug-likeness (QED) is 0.158. The summed E-state index contributed by atoms with van der Waals surface area (Å²) in [5.74, 6) is 1.92. The van der Waals surface area contributed by atoms with Crippen molar-refractivity contribution < 1.29 is 0 Å². The third kappa shape index (κ3) is 5.80. The van der Waals surface area contributed by atoms with Gasteiger partial charge < -0.3 is 4.57 Å². The molecule has 0 aliphatic rings. The Balaban J connectivity index is 1.17. The van der Waals surface area contributed by atoms with Crippen LogP contribution in [0.1, 0.15) is 0 Å². The Kier molecular flexibility index (Phi) is 8.13. The van der Waals surface area contributed by atoms with Gasteiger partial charge in [-0.1, -0.05) is 188 Å². The summed E-state index contributed by atoms with van der Waals surface area (Å²) in [6.45, 7) is 0. The van der Waals surface area contributed by atoms with Crippen molar-refractivity contribution >= 4 is 54.1 Å². The Morgan fingerprint density at radius 3 is 1.25 bits per heavy atom. The minimum absolute atomic E-state index is 0.638. The second kappa shape index (κ2) is 14.3. The molecule has 4 nitrogen and oxygen atoms in total. The van der Waals surface area contributed by atoms with Crippen LogP contribution in [0.15, 0.2) is 218 Å². The van der Waals surface area contributed by atoms with E-state index in [2.05, 4.69) is 187 Å². The Hall–Kier alpha value is -8.21. The third-order valence-electron chi connectivity index (χ3n) is 12.0. The predicted octanol–water partition coefficient (Wildman–Crippen LogP) is 14.8. The number of rotatable bonds is 6. The van der Waals surface area contributed by atoms with Gasteiger partial charge in [-0.05, 0) is 74.1 Å². The van der Waals surface area contributed by atoms with Gasteiger partial charge in [0.15, 0.2) is 17.5 Å². The van der Waals surface area contributed by atoms with Crippen molar-refractivity contribution in [3.8, 4) is 62.1 Å². The molecule has 4 heteroatoms. The standard InChI is InChI=1S/C57H36N4/c1-5-17-37(18-6-1)41-31-33-50-48(35-41)49-36-42(38-19-7-2-8-20-38)32-34-51(49)61(50)52-30-16-27-45-43-25-13-14-26-44(43)53-46(54(45)52)28-15-29-47(53)57-59-55(39-21-9-3-10-22-39)58-56(60-57)40-23-11-4-12-24-40/h1-36H. The lowest BCUT2D eigenvalue weighted by atomic mass is 9.90. The second-order valence-corrected chi connectivity index (χ2v) is 15.5. The van der Waals surface area contributed by atoms with E-state index in [1.54, 1.807) is 0 Å². The van der Waals surface area contributed by atoms with Crippen LogP contribution in [-0.2, 0) is 0 Å². The highest BCUT2D eigenvalue weighted by Gasteiger charge is 2.22. The summed E-state index contributed by atoms with van der Waals surface area (Å²) < 4.78 is 2.47. The zero-order chi connectivity index (χ0) is 40.3. The average Bonchev–Trinajstić information content (AvgIpc) is 3.67. The maximum absolute atomic E-state index is 5.23. The first kappa shape index (κ1) is 34.8. The van der Waals surface area contributed by atoms with E-state index in [1.165, 1.54) is 49.2 Å². The van der Waals surface area contributed by atoms with Crippen LogP contribution in [0.5, 0.6) is 0 Å². The minimum atomic E-state index is 0.638. The van der Waals surface area contributed by atoms with Gasteiger partial charge in [-0.15, -0.1) is 0 Å². The lowest BCUT2D eigenvalue weighted by molar-refractivity contribution is 1.08. The van der Waals surface area contributed by atoms with Gasteiger partial charge in [0.25, 0.3) is 0 Å². The number of nitrogens with zero attached hydrogens (tertiary/aromatic N) is 4. The monoisotopic (exact) mass is 776 g/mol. The van der Waals surface area contributed by atoms with E-state index in [0.717, 1.165) is 49.6 Å². The molecule has 0 radical (unpaired) electrons. The maximum atomic E-state index is 5.23. The molecule has 0 aliphatic heterocycles. The summed E-state index contributed by atoms with van der Waals surface area (Å²) in [4.78, 5) is 15.5. The molecule has 2 heterocycles. The largest absolute Gasteiger partial charge is 0.309 e. The van der Waals surface area contributed by atoms with Gasteiger partial charge in [0, 0.05) is 38.2 Å². The summed E-state index contributed by atoms with van der Waals surface area (Å²) in [6, 6.07) is 77.7. The van der Waals surface area contributed by atoms with E-state index >= 15 is 0 Å². The fourth-order valence-corrected chi connectivity index (χ4v) is 9.24. The number of hydrogen-bond donors (Lipinski definition) is 0. The van der Waals surface area contributed by atoms with E-state index < -0.39 is 0 Å². The first-order chi connectivity index (χ1) is 30.3. The highest BCUT2D eigenvalue weighted by Crippen LogP contribution is 2.45. The van der Waals surface area contributed by atoms with Gasteiger partial charge >= 0.3 is 0 Å². The summed E-state index contributed by atoms with van der Waals surface area (Å²) in [6.07, 6.45) is 0. The van der Waals surface area contributed by atoms with Gasteiger partial charge in [-0.2, -0.15) is 0 Å². The Morgan fingerprint density at radius 1 is 0.262 bits per heavy atom.